The van der Waals surface area contributed by atoms with Crippen LogP contribution in [0, 0.1) is 23.7 Å². The molecule has 1 fully saturated rings. The lowest BCUT2D eigenvalue weighted by molar-refractivity contribution is -0.125. The van der Waals surface area contributed by atoms with E-state index in [1.807, 2.05) is 19.1 Å². The third-order valence-corrected chi connectivity index (χ3v) is 4.13. The van der Waals surface area contributed by atoms with Crippen LogP contribution in [0.1, 0.15) is 29.5 Å². The molecule has 1 atom stereocenters. The van der Waals surface area contributed by atoms with Gasteiger partial charge in [0.05, 0.1) is 11.4 Å². The molecule has 0 radical (unpaired) electrons. The first-order chi connectivity index (χ1) is 8.70. The highest BCUT2D eigenvalue weighted by Crippen LogP contribution is 2.36. The number of carbonyl (C=O) groups is 1. The molecule has 1 aliphatic rings. The van der Waals surface area contributed by atoms with Crippen LogP contribution in [0.4, 0.5) is 0 Å². The zero-order valence-corrected chi connectivity index (χ0v) is 11.2. The summed E-state index contributed by atoms with van der Waals surface area (Å²) in [6, 6.07) is 3.88. The maximum Gasteiger partial charge on any atom is 0.223 e. The maximum absolute atomic E-state index is 11.8. The Morgan fingerprint density at radius 2 is 2.39 bits per heavy atom. The summed E-state index contributed by atoms with van der Waals surface area (Å²) >= 11 is 1.55. The van der Waals surface area contributed by atoms with E-state index in [4.69, 9.17) is 5.11 Å². The Bertz CT molecular complexity index is 479. The molecule has 1 aromatic rings. The van der Waals surface area contributed by atoms with Gasteiger partial charge in [-0.2, -0.15) is 0 Å². The largest absolute Gasteiger partial charge is 0.384 e. The third-order valence-electron chi connectivity index (χ3n) is 3.13. The number of aliphatic hydroxyl groups is 1. The number of thiophene rings is 1. The molecule has 3 nitrogen and oxygen atoms in total. The Hall–Kier alpha value is -1.31. The molecular weight excluding hydrogens is 246 g/mol. The van der Waals surface area contributed by atoms with Gasteiger partial charge in [0, 0.05) is 10.8 Å². The molecule has 18 heavy (non-hydrogen) atoms. The molecule has 0 bridgehead atoms. The molecule has 1 aromatic heterocycles. The molecule has 0 aliphatic heterocycles. The zero-order valence-electron chi connectivity index (χ0n) is 10.4. The summed E-state index contributed by atoms with van der Waals surface area (Å²) in [6.45, 7) is 2.45. The normalized spacial score (nSPS) is 15.7. The van der Waals surface area contributed by atoms with Gasteiger partial charge in [-0.3, -0.25) is 4.79 Å². The van der Waals surface area contributed by atoms with Crippen molar-refractivity contribution in [2.45, 2.75) is 26.3 Å². The van der Waals surface area contributed by atoms with E-state index < -0.39 is 0 Å². The van der Waals surface area contributed by atoms with Gasteiger partial charge in [0.1, 0.15) is 6.61 Å². The van der Waals surface area contributed by atoms with Crippen molar-refractivity contribution in [2.24, 2.45) is 11.8 Å². The molecule has 1 heterocycles. The maximum atomic E-state index is 11.8. The second-order valence-corrected chi connectivity index (χ2v) is 5.74. The van der Waals surface area contributed by atoms with Crippen molar-refractivity contribution in [3.05, 3.63) is 21.9 Å². The second kappa shape index (κ2) is 6.03. The van der Waals surface area contributed by atoms with Crippen LogP contribution in [0.5, 0.6) is 0 Å². The van der Waals surface area contributed by atoms with E-state index in [9.17, 15) is 4.79 Å². The standard InChI is InChI=1S/C14H17NO2S/c1-10(11-4-5-11)14(17)15-9-13-7-6-12(18-13)3-2-8-16/h6-7,10-11,16H,4-5,8-9H2,1H3,(H,15,17). The molecule has 1 aliphatic carbocycles. The molecular formula is C14H17NO2S. The predicted octanol–water partition coefficient (Wildman–Crippen LogP) is 1.75. The van der Waals surface area contributed by atoms with E-state index in [2.05, 4.69) is 17.2 Å². The summed E-state index contributed by atoms with van der Waals surface area (Å²) < 4.78 is 0. The fourth-order valence-electron chi connectivity index (χ4n) is 1.81. The molecule has 1 amide bonds. The molecule has 0 aromatic carbocycles. The summed E-state index contributed by atoms with van der Waals surface area (Å²) in [4.78, 5) is 13.8. The highest BCUT2D eigenvalue weighted by atomic mass is 32.1. The quantitative estimate of drug-likeness (QED) is 0.813. The van der Waals surface area contributed by atoms with Gasteiger partial charge < -0.3 is 10.4 Å². The van der Waals surface area contributed by atoms with Gasteiger partial charge in [-0.1, -0.05) is 18.8 Å². The van der Waals surface area contributed by atoms with E-state index in [1.165, 1.54) is 12.8 Å². The van der Waals surface area contributed by atoms with E-state index in [0.29, 0.717) is 12.5 Å². The summed E-state index contributed by atoms with van der Waals surface area (Å²) in [5, 5.41) is 11.6. The lowest BCUT2D eigenvalue weighted by Gasteiger charge is -2.09. The van der Waals surface area contributed by atoms with E-state index in [0.717, 1.165) is 9.75 Å². The average Bonchev–Trinajstić information content (AvgIpc) is 3.13. The topological polar surface area (TPSA) is 49.3 Å². The summed E-state index contributed by atoms with van der Waals surface area (Å²) in [6.07, 6.45) is 2.38. The van der Waals surface area contributed by atoms with Gasteiger partial charge in [-0.05, 0) is 30.9 Å². The Morgan fingerprint density at radius 3 is 3.06 bits per heavy atom. The molecule has 0 spiro atoms. The minimum atomic E-state index is -0.122. The number of hydrogen-bond donors (Lipinski definition) is 2. The van der Waals surface area contributed by atoms with Crippen molar-refractivity contribution >= 4 is 17.2 Å². The lowest BCUT2D eigenvalue weighted by Crippen LogP contribution is -2.29. The first kappa shape index (κ1) is 13.1. The number of rotatable bonds is 4. The van der Waals surface area contributed by atoms with Crippen molar-refractivity contribution in [3.8, 4) is 11.8 Å². The monoisotopic (exact) mass is 263 g/mol. The first-order valence-electron chi connectivity index (χ1n) is 6.17. The molecule has 2 rings (SSSR count). The smallest absolute Gasteiger partial charge is 0.223 e. The van der Waals surface area contributed by atoms with Gasteiger partial charge >= 0.3 is 0 Å². The second-order valence-electron chi connectivity index (χ2n) is 4.57. The molecule has 2 N–H and O–H groups in total. The van der Waals surface area contributed by atoms with E-state index in [-0.39, 0.29) is 18.4 Å². The summed E-state index contributed by atoms with van der Waals surface area (Å²) in [5.41, 5.74) is 0. The first-order valence-corrected chi connectivity index (χ1v) is 6.98. The predicted molar refractivity (Wildman–Crippen MR) is 72.0 cm³/mol. The average molecular weight is 263 g/mol. The Labute approximate surface area is 111 Å². The number of carbonyl (C=O) groups excluding carboxylic acids is 1. The van der Waals surface area contributed by atoms with Gasteiger partial charge in [-0.15, -0.1) is 11.3 Å². The number of hydrogen-bond acceptors (Lipinski definition) is 3. The van der Waals surface area contributed by atoms with Crippen molar-refractivity contribution in [3.63, 3.8) is 0 Å². The van der Waals surface area contributed by atoms with Gasteiger partial charge in [0.25, 0.3) is 0 Å². The molecule has 96 valence electrons. The highest BCUT2D eigenvalue weighted by Gasteiger charge is 2.32. The van der Waals surface area contributed by atoms with Crippen LogP contribution in [0.15, 0.2) is 12.1 Å². The molecule has 0 saturated heterocycles. The van der Waals surface area contributed by atoms with Crippen LogP contribution in [-0.4, -0.2) is 17.6 Å². The summed E-state index contributed by atoms with van der Waals surface area (Å²) in [7, 11) is 0. The van der Waals surface area contributed by atoms with Crippen LogP contribution in [0.3, 0.4) is 0 Å². The minimum Gasteiger partial charge on any atom is -0.384 e. The van der Waals surface area contributed by atoms with Crippen LogP contribution >= 0.6 is 11.3 Å². The fraction of sp³-hybridized carbons (Fsp3) is 0.500. The Balaban J connectivity index is 1.82. The highest BCUT2D eigenvalue weighted by molar-refractivity contribution is 7.12. The van der Waals surface area contributed by atoms with Gasteiger partial charge in [0.2, 0.25) is 5.91 Å². The molecule has 1 saturated carbocycles. The number of aliphatic hydroxyl groups excluding tert-OH is 1. The lowest BCUT2D eigenvalue weighted by atomic mass is 10.1. The fourth-order valence-corrected chi connectivity index (χ4v) is 2.63. The van der Waals surface area contributed by atoms with Crippen LogP contribution in [-0.2, 0) is 11.3 Å². The van der Waals surface area contributed by atoms with E-state index in [1.54, 1.807) is 11.3 Å². The zero-order chi connectivity index (χ0) is 13.0. The Kier molecular flexibility index (Phi) is 4.40. The van der Waals surface area contributed by atoms with E-state index >= 15 is 0 Å². The third kappa shape index (κ3) is 3.59. The van der Waals surface area contributed by atoms with Crippen molar-refractivity contribution < 1.29 is 9.90 Å². The summed E-state index contributed by atoms with van der Waals surface area (Å²) in [5.74, 6) is 6.35. The van der Waals surface area contributed by atoms with Gasteiger partial charge in [0.15, 0.2) is 0 Å². The molecule has 4 heteroatoms. The molecule has 1 unspecified atom stereocenters. The van der Waals surface area contributed by atoms with Crippen molar-refractivity contribution in [1.82, 2.24) is 5.32 Å². The Morgan fingerprint density at radius 1 is 1.61 bits per heavy atom. The SMILES string of the molecule is CC(C(=O)NCc1ccc(C#CCO)s1)C1CC1. The minimum absolute atomic E-state index is 0.122. The van der Waals surface area contributed by atoms with Crippen molar-refractivity contribution in [2.75, 3.05) is 6.61 Å². The van der Waals surface area contributed by atoms with Crippen LogP contribution < -0.4 is 5.32 Å². The van der Waals surface area contributed by atoms with Crippen LogP contribution in [0.2, 0.25) is 0 Å². The van der Waals surface area contributed by atoms with Gasteiger partial charge in [-0.25, -0.2) is 0 Å². The van der Waals surface area contributed by atoms with Crippen molar-refractivity contribution in [1.29, 1.82) is 0 Å². The van der Waals surface area contributed by atoms with Crippen LogP contribution in [0.25, 0.3) is 0 Å². The number of amides is 1. The number of nitrogens with one attached hydrogen (secondary N) is 1.